The fraction of sp³-hybridized carbons (Fsp3) is 0. The van der Waals surface area contributed by atoms with Crippen LogP contribution in [0.15, 0.2) is 37.7 Å². The summed E-state index contributed by atoms with van der Waals surface area (Å²) in [7, 11) is 0. The second-order valence-corrected chi connectivity index (χ2v) is 4.40. The summed E-state index contributed by atoms with van der Waals surface area (Å²) >= 11 is 0.618. The minimum Gasteiger partial charge on any atom is -0.478 e. The highest BCUT2D eigenvalue weighted by Crippen LogP contribution is 2.26. The van der Waals surface area contributed by atoms with E-state index in [-0.39, 0.29) is 15.5 Å². The first-order chi connectivity index (χ1) is 8.97. The highest BCUT2D eigenvalue weighted by Gasteiger charge is 2.12. The first-order valence-electron chi connectivity index (χ1n) is 4.87. The van der Waals surface area contributed by atoms with Gasteiger partial charge in [0.05, 0.1) is 10.5 Å². The van der Waals surface area contributed by atoms with Gasteiger partial charge in [0.2, 0.25) is 0 Å². The second kappa shape index (κ2) is 5.06. The largest absolute Gasteiger partial charge is 0.478 e. The lowest BCUT2D eigenvalue weighted by Gasteiger charge is -2.02. The summed E-state index contributed by atoms with van der Waals surface area (Å²) in [5.41, 5.74) is -1.69. The van der Waals surface area contributed by atoms with Crippen molar-refractivity contribution in [1.82, 2.24) is 15.2 Å². The number of carboxylic acid groups (broad SMARTS) is 1. The van der Waals surface area contributed by atoms with Crippen LogP contribution in [0.25, 0.3) is 0 Å². The van der Waals surface area contributed by atoms with Crippen LogP contribution in [0.4, 0.5) is 4.39 Å². The minimum absolute atomic E-state index is 0.0788. The fourth-order valence-electron chi connectivity index (χ4n) is 1.22. The van der Waals surface area contributed by atoms with Gasteiger partial charge in [-0.05, 0) is 18.2 Å². The Morgan fingerprint density at radius 1 is 1.37 bits per heavy atom. The molecular weight excluding hydrogens is 277 g/mol. The fourth-order valence-corrected chi connectivity index (χ4v) is 2.02. The number of carboxylic acids is 1. The quantitative estimate of drug-likeness (QED) is 0.753. The van der Waals surface area contributed by atoms with Crippen LogP contribution < -0.4 is 11.2 Å². The van der Waals surface area contributed by atoms with Crippen molar-refractivity contribution in [3.8, 4) is 0 Å². The standard InChI is InChI=1S/C10H6FN3O4S/c11-5-2-1-4(9(16)17)3-6(5)19-8-7(15)12-10(18)14-13-8/h1-3H,(H,16,17)(H2,12,14,15,18). The summed E-state index contributed by atoms with van der Waals surface area (Å²) in [6.45, 7) is 0. The van der Waals surface area contributed by atoms with Gasteiger partial charge in [-0.1, -0.05) is 11.8 Å². The van der Waals surface area contributed by atoms with Crippen LogP contribution in [0.5, 0.6) is 0 Å². The Morgan fingerprint density at radius 3 is 2.74 bits per heavy atom. The molecule has 0 aliphatic heterocycles. The van der Waals surface area contributed by atoms with Gasteiger partial charge in [-0.25, -0.2) is 19.1 Å². The Hall–Kier alpha value is -2.42. The average Bonchev–Trinajstić information content (AvgIpc) is 2.34. The van der Waals surface area contributed by atoms with Crippen molar-refractivity contribution in [2.24, 2.45) is 0 Å². The van der Waals surface area contributed by atoms with Crippen molar-refractivity contribution < 1.29 is 14.3 Å². The van der Waals surface area contributed by atoms with Gasteiger partial charge in [-0.2, -0.15) is 5.10 Å². The van der Waals surface area contributed by atoms with E-state index in [1.807, 2.05) is 10.1 Å². The van der Waals surface area contributed by atoms with Crippen molar-refractivity contribution in [3.63, 3.8) is 0 Å². The number of nitrogens with one attached hydrogen (secondary N) is 2. The lowest BCUT2D eigenvalue weighted by molar-refractivity contribution is 0.0696. The van der Waals surface area contributed by atoms with Crippen molar-refractivity contribution in [1.29, 1.82) is 0 Å². The zero-order valence-electron chi connectivity index (χ0n) is 9.14. The molecule has 2 aromatic rings. The van der Waals surface area contributed by atoms with E-state index in [1.165, 1.54) is 0 Å². The molecule has 1 aromatic heterocycles. The van der Waals surface area contributed by atoms with E-state index in [0.717, 1.165) is 18.2 Å². The molecule has 7 nitrogen and oxygen atoms in total. The Morgan fingerprint density at radius 2 is 2.11 bits per heavy atom. The molecule has 3 N–H and O–H groups in total. The topological polar surface area (TPSA) is 116 Å². The van der Waals surface area contributed by atoms with Crippen molar-refractivity contribution in [2.75, 3.05) is 0 Å². The number of nitrogens with zero attached hydrogens (tertiary/aromatic N) is 1. The Labute approximate surface area is 108 Å². The molecule has 98 valence electrons. The van der Waals surface area contributed by atoms with Gasteiger partial charge in [0.15, 0.2) is 5.03 Å². The number of aromatic carboxylic acids is 1. The van der Waals surface area contributed by atoms with E-state index < -0.39 is 23.0 Å². The number of hydrogen-bond acceptors (Lipinski definition) is 5. The summed E-state index contributed by atoms with van der Waals surface area (Å²) in [6.07, 6.45) is 0. The molecule has 0 radical (unpaired) electrons. The van der Waals surface area contributed by atoms with Gasteiger partial charge in [0.25, 0.3) is 5.56 Å². The normalized spacial score (nSPS) is 10.4. The van der Waals surface area contributed by atoms with E-state index in [0.29, 0.717) is 11.8 Å². The number of hydrogen-bond donors (Lipinski definition) is 3. The third-order valence-electron chi connectivity index (χ3n) is 2.07. The number of H-pyrrole nitrogens is 2. The zero-order chi connectivity index (χ0) is 14.0. The molecule has 1 aromatic carbocycles. The molecule has 2 rings (SSSR count). The maximum absolute atomic E-state index is 13.5. The van der Waals surface area contributed by atoms with Crippen molar-refractivity contribution >= 4 is 17.7 Å². The number of carbonyl (C=O) groups is 1. The van der Waals surface area contributed by atoms with Crippen LogP contribution in [-0.4, -0.2) is 26.3 Å². The second-order valence-electron chi connectivity index (χ2n) is 3.36. The average molecular weight is 283 g/mol. The molecule has 0 aliphatic carbocycles. The molecule has 0 saturated carbocycles. The number of aromatic nitrogens is 3. The van der Waals surface area contributed by atoms with Gasteiger partial charge in [-0.15, -0.1) is 0 Å². The van der Waals surface area contributed by atoms with Gasteiger partial charge in [0, 0.05) is 0 Å². The molecule has 0 amide bonds. The third kappa shape index (κ3) is 2.88. The van der Waals surface area contributed by atoms with Gasteiger partial charge in [-0.3, -0.25) is 9.78 Å². The smallest absolute Gasteiger partial charge is 0.342 e. The van der Waals surface area contributed by atoms with E-state index in [1.54, 1.807) is 0 Å². The molecular formula is C10H6FN3O4S. The van der Waals surface area contributed by atoms with Crippen LogP contribution in [0, 0.1) is 5.82 Å². The maximum Gasteiger partial charge on any atom is 0.342 e. The van der Waals surface area contributed by atoms with Crippen LogP contribution in [0.1, 0.15) is 10.4 Å². The monoisotopic (exact) mass is 283 g/mol. The SMILES string of the molecule is O=C(O)c1ccc(F)c(Sc2n[nH]c(=O)[nH]c2=O)c1. The van der Waals surface area contributed by atoms with E-state index in [9.17, 15) is 18.8 Å². The molecule has 0 saturated heterocycles. The van der Waals surface area contributed by atoms with E-state index in [4.69, 9.17) is 5.11 Å². The van der Waals surface area contributed by atoms with Crippen LogP contribution in [-0.2, 0) is 0 Å². The van der Waals surface area contributed by atoms with E-state index in [2.05, 4.69) is 5.10 Å². The van der Waals surface area contributed by atoms with E-state index >= 15 is 0 Å². The summed E-state index contributed by atoms with van der Waals surface area (Å²) in [4.78, 5) is 34.8. The highest BCUT2D eigenvalue weighted by molar-refractivity contribution is 7.99. The molecule has 9 heteroatoms. The third-order valence-corrected chi connectivity index (χ3v) is 3.07. The summed E-state index contributed by atoms with van der Waals surface area (Å²) in [5.74, 6) is -1.91. The summed E-state index contributed by atoms with van der Waals surface area (Å²) in [5, 5.41) is 14.1. The molecule has 0 bridgehead atoms. The van der Waals surface area contributed by atoms with Gasteiger partial charge < -0.3 is 5.11 Å². The Balaban J connectivity index is 2.42. The summed E-state index contributed by atoms with van der Waals surface area (Å²) in [6, 6.07) is 3.16. The Bertz CT molecular complexity index is 755. The number of rotatable bonds is 3. The molecule has 19 heavy (non-hydrogen) atoms. The van der Waals surface area contributed by atoms with Crippen molar-refractivity contribution in [2.45, 2.75) is 9.92 Å². The molecule has 0 unspecified atom stereocenters. The van der Waals surface area contributed by atoms with Crippen LogP contribution >= 0.6 is 11.8 Å². The number of benzene rings is 1. The lowest BCUT2D eigenvalue weighted by atomic mass is 10.2. The van der Waals surface area contributed by atoms with Gasteiger partial charge in [0.1, 0.15) is 5.82 Å². The lowest BCUT2D eigenvalue weighted by Crippen LogP contribution is -2.24. The molecule has 1 heterocycles. The molecule has 0 atom stereocenters. The highest BCUT2D eigenvalue weighted by atomic mass is 32.2. The predicted octanol–water partition coefficient (Wildman–Crippen LogP) is 0.447. The Kier molecular flexibility index (Phi) is 3.47. The number of halogens is 1. The van der Waals surface area contributed by atoms with Gasteiger partial charge >= 0.3 is 11.7 Å². The molecule has 0 aliphatic rings. The first-order valence-corrected chi connectivity index (χ1v) is 5.68. The van der Waals surface area contributed by atoms with Crippen LogP contribution in [0.2, 0.25) is 0 Å². The molecule has 0 fully saturated rings. The zero-order valence-corrected chi connectivity index (χ0v) is 9.95. The number of aromatic amines is 2. The van der Waals surface area contributed by atoms with Crippen LogP contribution in [0.3, 0.4) is 0 Å². The maximum atomic E-state index is 13.5. The summed E-state index contributed by atoms with van der Waals surface area (Å²) < 4.78 is 13.5. The molecule has 0 spiro atoms. The predicted molar refractivity (Wildman–Crippen MR) is 63.0 cm³/mol. The van der Waals surface area contributed by atoms with Crippen molar-refractivity contribution in [3.05, 3.63) is 50.4 Å². The minimum atomic E-state index is -1.22. The first kappa shape index (κ1) is 13.0.